The molecule has 0 aromatic heterocycles. The number of rotatable bonds is 7. The van der Waals surface area contributed by atoms with Gasteiger partial charge in [0, 0.05) is 13.2 Å². The second-order valence-electron chi connectivity index (χ2n) is 3.42. The third kappa shape index (κ3) is 9.35. The zero-order valence-electron chi connectivity index (χ0n) is 8.42. The maximum absolute atomic E-state index is 9.33. The maximum Gasteiger partial charge on any atom is 0.0897 e. The maximum atomic E-state index is 9.33. The Balaban J connectivity index is 3.21. The second-order valence-corrected chi connectivity index (χ2v) is 3.42. The van der Waals surface area contributed by atoms with Gasteiger partial charge in [-0.3, -0.25) is 0 Å². The minimum absolute atomic E-state index is 0.371. The molecule has 0 aliphatic rings. The van der Waals surface area contributed by atoms with Crippen LogP contribution in [0.2, 0.25) is 0 Å². The van der Waals surface area contributed by atoms with Crippen LogP contribution in [0.25, 0.3) is 0 Å². The smallest absolute Gasteiger partial charge is 0.0897 e. The van der Waals surface area contributed by atoms with Gasteiger partial charge in [-0.1, -0.05) is 19.8 Å². The first-order valence-corrected chi connectivity index (χ1v) is 4.56. The third-order valence-corrected chi connectivity index (χ3v) is 1.37. The van der Waals surface area contributed by atoms with Crippen molar-refractivity contribution < 1.29 is 9.84 Å². The van der Waals surface area contributed by atoms with Gasteiger partial charge in [0.25, 0.3) is 0 Å². The van der Waals surface area contributed by atoms with Gasteiger partial charge in [0.15, 0.2) is 0 Å². The van der Waals surface area contributed by atoms with E-state index in [0.717, 1.165) is 0 Å². The Bertz CT molecular complexity index is 151. The molecule has 0 aliphatic carbocycles. The van der Waals surface area contributed by atoms with Crippen molar-refractivity contribution in [3.05, 3.63) is 0 Å². The van der Waals surface area contributed by atoms with Crippen molar-refractivity contribution in [2.75, 3.05) is 26.3 Å². The molecular weight excluding hydrogens is 166 g/mol. The Labute approximate surface area is 80.5 Å². The summed E-state index contributed by atoms with van der Waals surface area (Å²) in [6.45, 7) is 6.18. The average molecular weight is 185 g/mol. The van der Waals surface area contributed by atoms with Crippen LogP contribution in [-0.4, -0.2) is 37.5 Å². The van der Waals surface area contributed by atoms with Crippen molar-refractivity contribution in [1.82, 2.24) is 5.32 Å². The molecule has 2 N–H and O–H groups in total. The zero-order valence-corrected chi connectivity index (χ0v) is 8.42. The summed E-state index contributed by atoms with van der Waals surface area (Å²) in [6.07, 6.45) is 4.56. The predicted octanol–water partition coefficient (Wildman–Crippen LogP) is 0.243. The van der Waals surface area contributed by atoms with E-state index in [2.05, 4.69) is 25.1 Å². The minimum atomic E-state index is -0.466. The molecule has 0 spiro atoms. The van der Waals surface area contributed by atoms with Crippen molar-refractivity contribution >= 4 is 0 Å². The van der Waals surface area contributed by atoms with Gasteiger partial charge in [-0.15, -0.1) is 6.42 Å². The molecule has 0 saturated heterocycles. The van der Waals surface area contributed by atoms with Crippen molar-refractivity contribution in [2.24, 2.45) is 5.92 Å². The lowest BCUT2D eigenvalue weighted by Crippen LogP contribution is -2.31. The molecule has 0 radical (unpaired) electrons. The number of ether oxygens (including phenoxy) is 1. The second kappa shape index (κ2) is 8.06. The van der Waals surface area contributed by atoms with E-state index in [1.54, 1.807) is 0 Å². The topological polar surface area (TPSA) is 41.5 Å². The van der Waals surface area contributed by atoms with Crippen LogP contribution in [0.15, 0.2) is 0 Å². The highest BCUT2D eigenvalue weighted by molar-refractivity contribution is 4.86. The van der Waals surface area contributed by atoms with E-state index < -0.39 is 6.10 Å². The van der Waals surface area contributed by atoms with E-state index in [0.29, 0.717) is 32.2 Å². The number of aliphatic hydroxyl groups excluding tert-OH is 1. The summed E-state index contributed by atoms with van der Waals surface area (Å²) in [6, 6.07) is 0. The van der Waals surface area contributed by atoms with Crippen molar-refractivity contribution in [2.45, 2.75) is 20.0 Å². The molecule has 76 valence electrons. The standard InChI is InChI=1S/C10H19NO2/c1-4-5-11-6-10(12)8-13-7-9(2)3/h1,9-12H,5-8H2,2-3H3. The summed E-state index contributed by atoms with van der Waals surface area (Å²) in [5, 5.41) is 12.2. The molecule has 0 aromatic carbocycles. The monoisotopic (exact) mass is 185 g/mol. The molecule has 0 rings (SSSR count). The first-order chi connectivity index (χ1) is 6.16. The van der Waals surface area contributed by atoms with E-state index in [4.69, 9.17) is 11.2 Å². The molecule has 1 unspecified atom stereocenters. The number of aliphatic hydroxyl groups is 1. The Morgan fingerprint density at radius 2 is 2.15 bits per heavy atom. The number of hydrogen-bond acceptors (Lipinski definition) is 3. The molecular formula is C10H19NO2. The molecule has 0 fully saturated rings. The highest BCUT2D eigenvalue weighted by Crippen LogP contribution is 1.93. The van der Waals surface area contributed by atoms with E-state index in [-0.39, 0.29) is 0 Å². The average Bonchev–Trinajstić information content (AvgIpc) is 2.04. The lowest BCUT2D eigenvalue weighted by Gasteiger charge is -2.12. The molecule has 1 atom stereocenters. The fraction of sp³-hybridized carbons (Fsp3) is 0.800. The molecule has 3 heteroatoms. The summed E-state index contributed by atoms with van der Waals surface area (Å²) < 4.78 is 5.25. The number of hydrogen-bond donors (Lipinski definition) is 2. The van der Waals surface area contributed by atoms with Gasteiger partial charge >= 0.3 is 0 Å². The summed E-state index contributed by atoms with van der Waals surface area (Å²) in [7, 11) is 0. The van der Waals surface area contributed by atoms with Gasteiger partial charge in [0.2, 0.25) is 0 Å². The van der Waals surface area contributed by atoms with Crippen LogP contribution in [0, 0.1) is 18.3 Å². The van der Waals surface area contributed by atoms with Crippen LogP contribution >= 0.6 is 0 Å². The lowest BCUT2D eigenvalue weighted by atomic mass is 10.2. The van der Waals surface area contributed by atoms with Crippen LogP contribution in [0.1, 0.15) is 13.8 Å². The molecule has 0 amide bonds. The van der Waals surface area contributed by atoms with Crippen LogP contribution in [0.4, 0.5) is 0 Å². The number of terminal acetylenes is 1. The van der Waals surface area contributed by atoms with E-state index in [9.17, 15) is 5.11 Å². The Morgan fingerprint density at radius 1 is 1.46 bits per heavy atom. The molecule has 0 aliphatic heterocycles. The highest BCUT2D eigenvalue weighted by Gasteiger charge is 2.03. The van der Waals surface area contributed by atoms with Gasteiger partial charge in [0.1, 0.15) is 0 Å². The molecule has 0 saturated carbocycles. The Kier molecular flexibility index (Phi) is 7.71. The summed E-state index contributed by atoms with van der Waals surface area (Å²) in [5.74, 6) is 2.94. The summed E-state index contributed by atoms with van der Waals surface area (Å²) in [4.78, 5) is 0. The van der Waals surface area contributed by atoms with Crippen molar-refractivity contribution in [1.29, 1.82) is 0 Å². The van der Waals surface area contributed by atoms with Crippen LogP contribution in [0.3, 0.4) is 0 Å². The van der Waals surface area contributed by atoms with Crippen LogP contribution < -0.4 is 5.32 Å². The largest absolute Gasteiger partial charge is 0.389 e. The van der Waals surface area contributed by atoms with Crippen LogP contribution in [0.5, 0.6) is 0 Å². The molecule has 0 heterocycles. The quantitative estimate of drug-likeness (QED) is 0.441. The van der Waals surface area contributed by atoms with Gasteiger partial charge in [-0.05, 0) is 5.92 Å². The van der Waals surface area contributed by atoms with Crippen LogP contribution in [-0.2, 0) is 4.74 Å². The number of nitrogens with one attached hydrogen (secondary N) is 1. The highest BCUT2D eigenvalue weighted by atomic mass is 16.5. The van der Waals surface area contributed by atoms with Crippen molar-refractivity contribution in [3.63, 3.8) is 0 Å². The first-order valence-electron chi connectivity index (χ1n) is 4.56. The Hall–Kier alpha value is -0.560. The summed E-state index contributed by atoms with van der Waals surface area (Å²) in [5.41, 5.74) is 0. The minimum Gasteiger partial charge on any atom is -0.389 e. The first kappa shape index (κ1) is 12.4. The van der Waals surface area contributed by atoms with E-state index in [1.165, 1.54) is 0 Å². The fourth-order valence-electron chi connectivity index (χ4n) is 0.810. The molecule has 3 nitrogen and oxygen atoms in total. The Morgan fingerprint density at radius 3 is 2.69 bits per heavy atom. The van der Waals surface area contributed by atoms with Crippen molar-refractivity contribution in [3.8, 4) is 12.3 Å². The van der Waals surface area contributed by atoms with Gasteiger partial charge in [0.05, 0.1) is 19.3 Å². The van der Waals surface area contributed by atoms with E-state index >= 15 is 0 Å². The van der Waals surface area contributed by atoms with E-state index in [1.807, 2.05) is 0 Å². The summed E-state index contributed by atoms with van der Waals surface area (Å²) >= 11 is 0. The third-order valence-electron chi connectivity index (χ3n) is 1.37. The zero-order chi connectivity index (χ0) is 10.1. The molecule has 0 bridgehead atoms. The predicted molar refractivity (Wildman–Crippen MR) is 53.4 cm³/mol. The fourth-order valence-corrected chi connectivity index (χ4v) is 0.810. The van der Waals surface area contributed by atoms with Gasteiger partial charge in [-0.25, -0.2) is 0 Å². The molecule has 0 aromatic rings. The molecule has 13 heavy (non-hydrogen) atoms. The normalized spacial score (nSPS) is 12.8. The van der Waals surface area contributed by atoms with Gasteiger partial charge in [-0.2, -0.15) is 0 Å². The van der Waals surface area contributed by atoms with Gasteiger partial charge < -0.3 is 15.2 Å². The SMILES string of the molecule is C#CCNCC(O)COCC(C)C. The lowest BCUT2D eigenvalue weighted by molar-refractivity contribution is 0.0266.